The van der Waals surface area contributed by atoms with E-state index in [4.69, 9.17) is 0 Å². The fourth-order valence-electron chi connectivity index (χ4n) is 2.35. The van der Waals surface area contributed by atoms with Crippen LogP contribution in [0.25, 0.3) is 5.76 Å². The first-order chi connectivity index (χ1) is 10.3. The zero-order chi connectivity index (χ0) is 14.7. The normalized spacial score (nSPS) is 16.3. The summed E-state index contributed by atoms with van der Waals surface area (Å²) in [6, 6.07) is 18.2. The second kappa shape index (κ2) is 6.10. The van der Waals surface area contributed by atoms with Gasteiger partial charge < -0.3 is 10.0 Å². The van der Waals surface area contributed by atoms with Crippen LogP contribution in [0.15, 0.2) is 71.2 Å². The Morgan fingerprint density at radius 2 is 1.76 bits per heavy atom. The van der Waals surface area contributed by atoms with Gasteiger partial charge in [0.2, 0.25) is 0 Å². The first kappa shape index (κ1) is 13.8. The number of benzene rings is 2. The Hall–Kier alpha value is -2.13. The summed E-state index contributed by atoms with van der Waals surface area (Å²) < 4.78 is 0. The molecule has 106 valence electrons. The molecule has 3 heteroatoms. The Kier molecular flexibility index (Phi) is 4.02. The third-order valence-corrected chi connectivity index (χ3v) is 4.39. The van der Waals surface area contributed by atoms with Crippen LogP contribution < -0.4 is 0 Å². The molecule has 2 aromatic carbocycles. The molecule has 1 N–H and O–H groups in total. The summed E-state index contributed by atoms with van der Waals surface area (Å²) in [6.07, 6.45) is 2.02. The number of aliphatic hydroxyl groups is 1. The highest BCUT2D eigenvalue weighted by Gasteiger charge is 2.19. The van der Waals surface area contributed by atoms with Gasteiger partial charge in [-0.25, -0.2) is 0 Å². The highest BCUT2D eigenvalue weighted by atomic mass is 32.2. The van der Waals surface area contributed by atoms with Gasteiger partial charge in [0, 0.05) is 18.3 Å². The minimum atomic E-state index is 0.346. The Labute approximate surface area is 129 Å². The minimum absolute atomic E-state index is 0.346. The molecule has 0 bridgehead atoms. The van der Waals surface area contributed by atoms with Gasteiger partial charge in [-0.05, 0) is 23.5 Å². The minimum Gasteiger partial charge on any atom is -0.505 e. The van der Waals surface area contributed by atoms with Crippen molar-refractivity contribution in [2.45, 2.75) is 13.5 Å². The van der Waals surface area contributed by atoms with Crippen molar-refractivity contribution in [2.24, 2.45) is 0 Å². The fourth-order valence-corrected chi connectivity index (χ4v) is 3.17. The lowest BCUT2D eigenvalue weighted by Crippen LogP contribution is -2.13. The van der Waals surface area contributed by atoms with Gasteiger partial charge in [-0.2, -0.15) is 0 Å². The molecule has 0 amide bonds. The molecular weight excluding hydrogens is 278 g/mol. The Balaban J connectivity index is 1.91. The molecule has 1 aliphatic heterocycles. The zero-order valence-corrected chi connectivity index (χ0v) is 12.7. The van der Waals surface area contributed by atoms with Gasteiger partial charge in [-0.15, -0.1) is 0 Å². The molecule has 1 heterocycles. The molecular formula is C18H17NOS. The molecule has 2 nitrogen and oxygen atoms in total. The average molecular weight is 295 g/mol. The maximum Gasteiger partial charge on any atom is 0.153 e. The molecule has 1 aliphatic rings. The van der Waals surface area contributed by atoms with Crippen LogP contribution in [0.4, 0.5) is 0 Å². The van der Waals surface area contributed by atoms with Crippen LogP contribution in [-0.4, -0.2) is 10.0 Å². The molecule has 0 aliphatic carbocycles. The predicted molar refractivity (Wildman–Crippen MR) is 89.4 cm³/mol. The Bertz CT molecular complexity index is 691. The SMILES string of the molecule is Cc1ccccc1/C(O)=C1\SC=CN1Cc1ccccc1. The second-order valence-corrected chi connectivity index (χ2v) is 5.88. The quantitative estimate of drug-likeness (QED) is 0.815. The topological polar surface area (TPSA) is 23.5 Å². The van der Waals surface area contributed by atoms with Crippen molar-refractivity contribution in [2.75, 3.05) is 0 Å². The standard InChI is InChI=1S/C18H17NOS/c1-14-7-5-6-10-16(14)17(20)18-19(11-12-21-18)13-15-8-3-2-4-9-15/h2-12,20H,13H2,1H3/b18-17+. The lowest BCUT2D eigenvalue weighted by atomic mass is 10.1. The van der Waals surface area contributed by atoms with E-state index in [2.05, 4.69) is 17.0 Å². The van der Waals surface area contributed by atoms with Crippen LogP contribution in [0, 0.1) is 6.92 Å². The maximum absolute atomic E-state index is 10.6. The molecule has 0 saturated carbocycles. The van der Waals surface area contributed by atoms with Crippen molar-refractivity contribution in [1.29, 1.82) is 0 Å². The number of thioether (sulfide) groups is 1. The molecule has 0 saturated heterocycles. The molecule has 0 unspecified atom stereocenters. The van der Waals surface area contributed by atoms with Gasteiger partial charge in [0.05, 0.1) is 0 Å². The van der Waals surface area contributed by atoms with Gasteiger partial charge in [-0.1, -0.05) is 66.4 Å². The van der Waals surface area contributed by atoms with Crippen molar-refractivity contribution in [3.63, 3.8) is 0 Å². The van der Waals surface area contributed by atoms with Crippen LogP contribution in [0.2, 0.25) is 0 Å². The monoisotopic (exact) mass is 295 g/mol. The first-order valence-electron chi connectivity index (χ1n) is 6.89. The largest absolute Gasteiger partial charge is 0.505 e. The molecule has 0 fully saturated rings. The number of hydrogen-bond acceptors (Lipinski definition) is 3. The number of rotatable bonds is 3. The first-order valence-corrected chi connectivity index (χ1v) is 7.77. The summed E-state index contributed by atoms with van der Waals surface area (Å²) >= 11 is 1.56. The second-order valence-electron chi connectivity index (χ2n) is 4.99. The zero-order valence-electron chi connectivity index (χ0n) is 11.9. The number of aliphatic hydroxyl groups excluding tert-OH is 1. The average Bonchev–Trinajstić information content (AvgIpc) is 2.96. The summed E-state index contributed by atoms with van der Waals surface area (Å²) in [7, 11) is 0. The van der Waals surface area contributed by atoms with Crippen molar-refractivity contribution in [1.82, 2.24) is 4.90 Å². The van der Waals surface area contributed by atoms with Crippen molar-refractivity contribution in [3.05, 3.63) is 87.9 Å². The Morgan fingerprint density at radius 1 is 1.05 bits per heavy atom. The van der Waals surface area contributed by atoms with Gasteiger partial charge in [0.1, 0.15) is 5.03 Å². The van der Waals surface area contributed by atoms with E-state index in [0.29, 0.717) is 5.76 Å². The summed E-state index contributed by atoms with van der Waals surface area (Å²) in [5.74, 6) is 0.346. The van der Waals surface area contributed by atoms with Crippen LogP contribution in [-0.2, 0) is 6.54 Å². The van der Waals surface area contributed by atoms with Gasteiger partial charge in [0.25, 0.3) is 0 Å². The van der Waals surface area contributed by atoms with E-state index in [1.54, 1.807) is 11.8 Å². The summed E-state index contributed by atoms with van der Waals surface area (Å²) in [5.41, 5.74) is 3.19. The van der Waals surface area contributed by atoms with Gasteiger partial charge >= 0.3 is 0 Å². The van der Waals surface area contributed by atoms with Crippen LogP contribution in [0.1, 0.15) is 16.7 Å². The lowest BCUT2D eigenvalue weighted by molar-refractivity contribution is 0.453. The van der Waals surface area contributed by atoms with E-state index in [-0.39, 0.29) is 0 Å². The van der Waals surface area contributed by atoms with Crippen molar-refractivity contribution >= 4 is 17.5 Å². The number of aryl methyl sites for hydroxylation is 1. The van der Waals surface area contributed by atoms with Crippen LogP contribution in [0.5, 0.6) is 0 Å². The highest BCUT2D eigenvalue weighted by Crippen LogP contribution is 2.36. The smallest absolute Gasteiger partial charge is 0.153 e. The molecule has 0 radical (unpaired) electrons. The van der Waals surface area contributed by atoms with E-state index < -0.39 is 0 Å². The summed E-state index contributed by atoms with van der Waals surface area (Å²) in [5, 5.41) is 13.5. The van der Waals surface area contributed by atoms with E-state index >= 15 is 0 Å². The van der Waals surface area contributed by atoms with E-state index in [1.165, 1.54) is 5.56 Å². The van der Waals surface area contributed by atoms with E-state index in [1.807, 2.05) is 61.0 Å². The molecule has 0 atom stereocenters. The van der Waals surface area contributed by atoms with Crippen LogP contribution in [0.3, 0.4) is 0 Å². The van der Waals surface area contributed by atoms with Crippen molar-refractivity contribution in [3.8, 4) is 0 Å². The maximum atomic E-state index is 10.6. The summed E-state index contributed by atoms with van der Waals surface area (Å²) in [6.45, 7) is 2.77. The van der Waals surface area contributed by atoms with E-state index in [0.717, 1.165) is 22.7 Å². The lowest BCUT2D eigenvalue weighted by Gasteiger charge is -2.19. The third kappa shape index (κ3) is 2.98. The van der Waals surface area contributed by atoms with Crippen molar-refractivity contribution < 1.29 is 5.11 Å². The third-order valence-electron chi connectivity index (χ3n) is 3.48. The predicted octanol–water partition coefficient (Wildman–Crippen LogP) is 4.90. The molecule has 3 rings (SSSR count). The van der Waals surface area contributed by atoms with Crippen LogP contribution >= 0.6 is 11.8 Å². The fraction of sp³-hybridized carbons (Fsp3) is 0.111. The Morgan fingerprint density at radius 3 is 2.52 bits per heavy atom. The molecule has 2 aromatic rings. The summed E-state index contributed by atoms with van der Waals surface area (Å²) in [4.78, 5) is 2.09. The number of hydrogen-bond donors (Lipinski definition) is 1. The molecule has 0 aromatic heterocycles. The van der Waals surface area contributed by atoms with Gasteiger partial charge in [0.15, 0.2) is 5.76 Å². The molecule has 0 spiro atoms. The number of nitrogens with zero attached hydrogens (tertiary/aromatic N) is 1. The van der Waals surface area contributed by atoms with E-state index in [9.17, 15) is 5.11 Å². The highest BCUT2D eigenvalue weighted by molar-refractivity contribution is 8.06. The molecule has 21 heavy (non-hydrogen) atoms. The van der Waals surface area contributed by atoms with Gasteiger partial charge in [-0.3, -0.25) is 0 Å².